The summed E-state index contributed by atoms with van der Waals surface area (Å²) in [6, 6.07) is 8.04. The molecule has 1 fully saturated rings. The third-order valence-corrected chi connectivity index (χ3v) is 3.08. The maximum absolute atomic E-state index is 11.4. The molecule has 15 heavy (non-hydrogen) atoms. The molecule has 0 saturated carbocycles. The number of carbonyl (C=O) groups is 1. The molecule has 1 heterocycles. The van der Waals surface area contributed by atoms with Crippen LogP contribution in [0, 0.1) is 0 Å². The first-order chi connectivity index (χ1) is 7.19. The average molecular weight is 205 g/mol. The fraction of sp³-hybridized carbons (Fsp3) is 0.417. The van der Waals surface area contributed by atoms with Crippen molar-refractivity contribution in [1.29, 1.82) is 0 Å². The summed E-state index contributed by atoms with van der Waals surface area (Å²) in [6.45, 7) is 2.92. The molecule has 0 bridgehead atoms. The van der Waals surface area contributed by atoms with Crippen LogP contribution in [0.3, 0.4) is 0 Å². The van der Waals surface area contributed by atoms with Crippen molar-refractivity contribution in [2.75, 3.05) is 13.2 Å². The molecule has 1 aliphatic rings. The van der Waals surface area contributed by atoms with E-state index in [-0.39, 0.29) is 5.91 Å². The Morgan fingerprint density at radius 1 is 1.40 bits per heavy atom. The van der Waals surface area contributed by atoms with Crippen LogP contribution in [-0.4, -0.2) is 19.1 Å². The molecule has 0 spiro atoms. The summed E-state index contributed by atoms with van der Waals surface area (Å²) in [5.41, 5.74) is 7.07. The lowest BCUT2D eigenvalue weighted by atomic mass is 9.78. The predicted octanol–water partition coefficient (Wildman–Crippen LogP) is 1.00. The average Bonchev–Trinajstić information content (AvgIpc) is 2.16. The van der Waals surface area contributed by atoms with Gasteiger partial charge in [0, 0.05) is 0 Å². The van der Waals surface area contributed by atoms with E-state index in [9.17, 15) is 4.79 Å². The third-order valence-electron chi connectivity index (χ3n) is 3.08. The van der Waals surface area contributed by atoms with E-state index in [4.69, 9.17) is 10.5 Å². The standard InChI is InChI=1S/C12H15NO2/c1-2-9-3-5-10(6-4-9)12(11(13)14)7-15-8-12/h3-6H,2,7-8H2,1H3,(H2,13,14). The van der Waals surface area contributed by atoms with Gasteiger partial charge in [-0.15, -0.1) is 0 Å². The highest BCUT2D eigenvalue weighted by molar-refractivity contribution is 5.88. The second-order valence-corrected chi connectivity index (χ2v) is 3.99. The lowest BCUT2D eigenvalue weighted by Gasteiger charge is -2.38. The van der Waals surface area contributed by atoms with Gasteiger partial charge in [0.05, 0.1) is 13.2 Å². The van der Waals surface area contributed by atoms with Crippen molar-refractivity contribution < 1.29 is 9.53 Å². The van der Waals surface area contributed by atoms with Gasteiger partial charge in [-0.2, -0.15) is 0 Å². The van der Waals surface area contributed by atoms with Gasteiger partial charge in [-0.05, 0) is 17.5 Å². The highest BCUT2D eigenvalue weighted by Gasteiger charge is 2.45. The van der Waals surface area contributed by atoms with Crippen LogP contribution >= 0.6 is 0 Å². The van der Waals surface area contributed by atoms with Gasteiger partial charge in [-0.1, -0.05) is 31.2 Å². The minimum absolute atomic E-state index is 0.294. The molecule has 1 saturated heterocycles. The summed E-state index contributed by atoms with van der Waals surface area (Å²) in [6.07, 6.45) is 1.00. The van der Waals surface area contributed by atoms with E-state index in [0.29, 0.717) is 13.2 Å². The van der Waals surface area contributed by atoms with Crippen LogP contribution in [0.25, 0.3) is 0 Å². The topological polar surface area (TPSA) is 52.3 Å². The minimum atomic E-state index is -0.577. The quantitative estimate of drug-likeness (QED) is 0.800. The zero-order valence-electron chi connectivity index (χ0n) is 8.82. The lowest BCUT2D eigenvalue weighted by molar-refractivity contribution is -0.141. The molecule has 80 valence electrons. The van der Waals surface area contributed by atoms with E-state index in [1.54, 1.807) is 0 Å². The van der Waals surface area contributed by atoms with Crippen molar-refractivity contribution in [3.05, 3.63) is 35.4 Å². The van der Waals surface area contributed by atoms with E-state index in [1.807, 2.05) is 24.3 Å². The van der Waals surface area contributed by atoms with Crippen LogP contribution < -0.4 is 5.73 Å². The van der Waals surface area contributed by atoms with Crippen molar-refractivity contribution in [2.45, 2.75) is 18.8 Å². The first kappa shape index (κ1) is 10.2. The smallest absolute Gasteiger partial charge is 0.232 e. The van der Waals surface area contributed by atoms with E-state index in [1.165, 1.54) is 5.56 Å². The molecular weight excluding hydrogens is 190 g/mol. The number of hydrogen-bond donors (Lipinski definition) is 1. The molecule has 1 amide bonds. The molecule has 3 nitrogen and oxygen atoms in total. The molecule has 1 aromatic carbocycles. The fourth-order valence-electron chi connectivity index (χ4n) is 1.82. The number of rotatable bonds is 3. The fourth-order valence-corrected chi connectivity index (χ4v) is 1.82. The molecule has 0 atom stereocenters. The molecule has 2 N–H and O–H groups in total. The molecule has 0 aliphatic carbocycles. The molecule has 3 heteroatoms. The zero-order chi connectivity index (χ0) is 10.9. The first-order valence-electron chi connectivity index (χ1n) is 5.16. The van der Waals surface area contributed by atoms with Crippen LogP contribution in [0.4, 0.5) is 0 Å². The molecular formula is C12H15NO2. The van der Waals surface area contributed by atoms with Gasteiger partial charge in [0.25, 0.3) is 0 Å². The third kappa shape index (κ3) is 1.53. The minimum Gasteiger partial charge on any atom is -0.378 e. The number of primary amides is 1. The highest BCUT2D eigenvalue weighted by atomic mass is 16.5. The second kappa shape index (κ2) is 3.66. The Balaban J connectivity index is 2.31. The van der Waals surface area contributed by atoms with E-state index < -0.39 is 5.41 Å². The van der Waals surface area contributed by atoms with Crippen LogP contribution in [0.15, 0.2) is 24.3 Å². The number of hydrogen-bond acceptors (Lipinski definition) is 2. The Kier molecular flexibility index (Phi) is 2.49. The molecule has 0 aromatic heterocycles. The number of carbonyl (C=O) groups excluding carboxylic acids is 1. The number of amides is 1. The Morgan fingerprint density at radius 3 is 2.33 bits per heavy atom. The van der Waals surface area contributed by atoms with Crippen molar-refractivity contribution in [3.63, 3.8) is 0 Å². The Morgan fingerprint density at radius 2 is 2.00 bits per heavy atom. The van der Waals surface area contributed by atoms with Gasteiger partial charge in [0.2, 0.25) is 5.91 Å². The predicted molar refractivity (Wildman–Crippen MR) is 57.5 cm³/mol. The first-order valence-corrected chi connectivity index (χ1v) is 5.16. The van der Waals surface area contributed by atoms with Gasteiger partial charge in [-0.3, -0.25) is 4.79 Å². The summed E-state index contributed by atoms with van der Waals surface area (Å²) >= 11 is 0. The maximum Gasteiger partial charge on any atom is 0.232 e. The molecule has 0 radical (unpaired) electrons. The summed E-state index contributed by atoms with van der Waals surface area (Å²) < 4.78 is 5.11. The van der Waals surface area contributed by atoms with Crippen LogP contribution in [0.1, 0.15) is 18.1 Å². The second-order valence-electron chi connectivity index (χ2n) is 3.99. The van der Waals surface area contributed by atoms with E-state index >= 15 is 0 Å². The summed E-state index contributed by atoms with van der Waals surface area (Å²) in [5, 5.41) is 0. The van der Waals surface area contributed by atoms with Gasteiger partial charge in [0.1, 0.15) is 5.41 Å². The Bertz CT molecular complexity index is 366. The van der Waals surface area contributed by atoms with Gasteiger partial charge in [0.15, 0.2) is 0 Å². The van der Waals surface area contributed by atoms with Gasteiger partial charge < -0.3 is 10.5 Å². The normalized spacial score (nSPS) is 18.2. The van der Waals surface area contributed by atoms with Gasteiger partial charge in [-0.25, -0.2) is 0 Å². The molecule has 0 unspecified atom stereocenters. The number of ether oxygens (including phenoxy) is 1. The van der Waals surface area contributed by atoms with Crippen molar-refractivity contribution in [1.82, 2.24) is 0 Å². The van der Waals surface area contributed by atoms with Crippen LogP contribution in [0.2, 0.25) is 0 Å². The molecule has 2 rings (SSSR count). The van der Waals surface area contributed by atoms with Crippen molar-refractivity contribution in [2.24, 2.45) is 5.73 Å². The molecule has 1 aromatic rings. The van der Waals surface area contributed by atoms with Crippen molar-refractivity contribution in [3.8, 4) is 0 Å². The Labute approximate surface area is 89.2 Å². The van der Waals surface area contributed by atoms with E-state index in [0.717, 1.165) is 12.0 Å². The highest BCUT2D eigenvalue weighted by Crippen LogP contribution is 2.32. The number of nitrogens with two attached hydrogens (primary N) is 1. The maximum atomic E-state index is 11.4. The van der Waals surface area contributed by atoms with Crippen molar-refractivity contribution >= 4 is 5.91 Å². The van der Waals surface area contributed by atoms with E-state index in [2.05, 4.69) is 6.92 Å². The monoisotopic (exact) mass is 205 g/mol. The largest absolute Gasteiger partial charge is 0.378 e. The SMILES string of the molecule is CCc1ccc(C2(C(N)=O)COC2)cc1. The van der Waals surface area contributed by atoms with Crippen LogP contribution in [-0.2, 0) is 21.4 Å². The van der Waals surface area contributed by atoms with Gasteiger partial charge >= 0.3 is 0 Å². The zero-order valence-corrected chi connectivity index (χ0v) is 8.82. The lowest BCUT2D eigenvalue weighted by Crippen LogP contribution is -2.56. The summed E-state index contributed by atoms with van der Waals surface area (Å²) in [5.74, 6) is -0.294. The molecule has 1 aliphatic heterocycles. The number of aryl methyl sites for hydroxylation is 1. The Hall–Kier alpha value is -1.35. The summed E-state index contributed by atoms with van der Waals surface area (Å²) in [7, 11) is 0. The summed E-state index contributed by atoms with van der Waals surface area (Å²) in [4.78, 5) is 11.4. The number of benzene rings is 1. The van der Waals surface area contributed by atoms with Crippen LogP contribution in [0.5, 0.6) is 0 Å².